The highest BCUT2D eigenvalue weighted by Crippen LogP contribution is 2.09. The highest BCUT2D eigenvalue weighted by molar-refractivity contribution is 9.10. The largest absolute Gasteiger partial charge is 0.273 e. The molecular formula is C10H11BrN2O. The van der Waals surface area contributed by atoms with Crippen LogP contribution < -0.4 is 0 Å². The molecule has 4 heteroatoms. The van der Waals surface area contributed by atoms with E-state index in [-0.39, 0.29) is 5.91 Å². The van der Waals surface area contributed by atoms with Crippen LogP contribution in [0.4, 0.5) is 0 Å². The Hall–Kier alpha value is -1.16. The Morgan fingerprint density at radius 2 is 2.00 bits per heavy atom. The van der Waals surface area contributed by atoms with Gasteiger partial charge in [0.1, 0.15) is 0 Å². The van der Waals surface area contributed by atoms with Gasteiger partial charge in [0, 0.05) is 18.4 Å². The second-order valence-electron chi connectivity index (χ2n) is 2.84. The van der Waals surface area contributed by atoms with E-state index < -0.39 is 0 Å². The van der Waals surface area contributed by atoms with Crippen molar-refractivity contribution in [3.63, 3.8) is 0 Å². The van der Waals surface area contributed by atoms with Crippen molar-refractivity contribution in [3.8, 4) is 0 Å². The summed E-state index contributed by atoms with van der Waals surface area (Å²) in [5, 5.41) is 5.26. The number of hydrazone groups is 1. The topological polar surface area (TPSA) is 32.7 Å². The molecule has 0 aliphatic rings. The fraction of sp³-hybridized carbons (Fsp3) is 0.200. The molecule has 0 unspecified atom stereocenters. The summed E-state index contributed by atoms with van der Waals surface area (Å²) in [4.78, 5) is 10.8. The van der Waals surface area contributed by atoms with E-state index in [0.717, 1.165) is 10.0 Å². The molecule has 0 radical (unpaired) electrons. The predicted octanol–water partition coefficient (Wildman–Crippen LogP) is 2.26. The highest BCUT2D eigenvalue weighted by atomic mass is 79.9. The number of halogens is 1. The summed E-state index contributed by atoms with van der Waals surface area (Å²) in [6, 6.07) is 7.69. The molecule has 0 N–H and O–H groups in total. The summed E-state index contributed by atoms with van der Waals surface area (Å²) in [7, 11) is 1.62. The van der Waals surface area contributed by atoms with E-state index >= 15 is 0 Å². The minimum Gasteiger partial charge on any atom is -0.273 e. The Kier molecular flexibility index (Phi) is 3.83. The number of hydrogen-bond acceptors (Lipinski definition) is 2. The molecule has 0 fully saturated rings. The fourth-order valence-corrected chi connectivity index (χ4v) is 1.05. The Balaban J connectivity index is 2.69. The molecule has 0 saturated heterocycles. The second kappa shape index (κ2) is 4.91. The van der Waals surface area contributed by atoms with Crippen LogP contribution >= 0.6 is 15.9 Å². The molecule has 1 rings (SSSR count). The van der Waals surface area contributed by atoms with Gasteiger partial charge >= 0.3 is 0 Å². The maximum atomic E-state index is 10.8. The molecule has 0 aromatic heterocycles. The number of benzene rings is 1. The van der Waals surface area contributed by atoms with Crippen molar-refractivity contribution in [1.82, 2.24) is 5.01 Å². The number of hydrogen-bond donors (Lipinski definition) is 0. The number of nitrogens with zero attached hydrogens (tertiary/aromatic N) is 2. The van der Waals surface area contributed by atoms with Crippen molar-refractivity contribution in [3.05, 3.63) is 34.3 Å². The maximum absolute atomic E-state index is 10.8. The molecule has 0 saturated carbocycles. The average Bonchev–Trinajstić information content (AvgIpc) is 2.16. The quantitative estimate of drug-likeness (QED) is 0.589. The Morgan fingerprint density at radius 3 is 2.50 bits per heavy atom. The van der Waals surface area contributed by atoms with Crippen LogP contribution in [0.5, 0.6) is 0 Å². The minimum atomic E-state index is -0.0849. The number of carbonyl (C=O) groups excluding carboxylic acids is 1. The summed E-state index contributed by atoms with van der Waals surface area (Å²) >= 11 is 3.34. The third-order valence-corrected chi connectivity index (χ3v) is 2.23. The molecule has 0 heterocycles. The van der Waals surface area contributed by atoms with Crippen molar-refractivity contribution >= 4 is 28.1 Å². The fourth-order valence-electron chi connectivity index (χ4n) is 0.783. The van der Waals surface area contributed by atoms with Crippen LogP contribution in [0.1, 0.15) is 12.5 Å². The van der Waals surface area contributed by atoms with Gasteiger partial charge in [-0.15, -0.1) is 0 Å². The molecular weight excluding hydrogens is 244 g/mol. The molecule has 3 nitrogen and oxygen atoms in total. The van der Waals surface area contributed by atoms with Gasteiger partial charge in [-0.05, 0) is 17.7 Å². The van der Waals surface area contributed by atoms with E-state index in [1.807, 2.05) is 24.3 Å². The zero-order chi connectivity index (χ0) is 10.6. The molecule has 1 aromatic carbocycles. The third-order valence-electron chi connectivity index (χ3n) is 1.71. The summed E-state index contributed by atoms with van der Waals surface area (Å²) in [6.07, 6.45) is 1.65. The van der Waals surface area contributed by atoms with E-state index in [2.05, 4.69) is 21.0 Å². The minimum absolute atomic E-state index is 0.0849. The van der Waals surface area contributed by atoms with E-state index in [0.29, 0.717) is 0 Å². The Labute approximate surface area is 91.5 Å². The van der Waals surface area contributed by atoms with Gasteiger partial charge in [0.2, 0.25) is 5.91 Å². The van der Waals surface area contributed by atoms with Gasteiger partial charge in [-0.25, -0.2) is 5.01 Å². The van der Waals surface area contributed by atoms with Crippen LogP contribution in [0.25, 0.3) is 0 Å². The first kappa shape index (κ1) is 10.9. The second-order valence-corrected chi connectivity index (χ2v) is 3.75. The molecule has 0 aliphatic carbocycles. The molecule has 14 heavy (non-hydrogen) atoms. The van der Waals surface area contributed by atoms with Gasteiger partial charge in [0.25, 0.3) is 0 Å². The van der Waals surface area contributed by atoms with Crippen LogP contribution in [-0.4, -0.2) is 24.2 Å². The van der Waals surface area contributed by atoms with Gasteiger partial charge in [-0.1, -0.05) is 28.1 Å². The number of carbonyl (C=O) groups is 1. The van der Waals surface area contributed by atoms with Crippen molar-refractivity contribution in [2.75, 3.05) is 7.05 Å². The summed E-state index contributed by atoms with van der Waals surface area (Å²) < 4.78 is 1.02. The molecule has 0 bridgehead atoms. The summed E-state index contributed by atoms with van der Waals surface area (Å²) in [6.45, 7) is 1.47. The van der Waals surface area contributed by atoms with Crippen molar-refractivity contribution in [2.45, 2.75) is 6.92 Å². The SMILES string of the molecule is CC(=O)N(C)/N=C/c1ccc(Br)cc1. The first-order chi connectivity index (χ1) is 6.59. The average molecular weight is 255 g/mol. The van der Waals surface area contributed by atoms with E-state index in [4.69, 9.17) is 0 Å². The molecule has 0 spiro atoms. The first-order valence-electron chi connectivity index (χ1n) is 4.13. The normalized spacial score (nSPS) is 10.5. The van der Waals surface area contributed by atoms with Crippen molar-refractivity contribution < 1.29 is 4.79 Å². The zero-order valence-electron chi connectivity index (χ0n) is 8.07. The maximum Gasteiger partial charge on any atom is 0.239 e. The lowest BCUT2D eigenvalue weighted by Gasteiger charge is -2.05. The van der Waals surface area contributed by atoms with Gasteiger partial charge in [0.05, 0.1) is 6.21 Å². The van der Waals surface area contributed by atoms with Crippen LogP contribution in [0.15, 0.2) is 33.8 Å². The highest BCUT2D eigenvalue weighted by Gasteiger charge is 1.96. The number of amides is 1. The molecule has 74 valence electrons. The van der Waals surface area contributed by atoms with Gasteiger partial charge in [-0.2, -0.15) is 5.10 Å². The lowest BCUT2D eigenvalue weighted by atomic mass is 10.2. The zero-order valence-corrected chi connectivity index (χ0v) is 9.65. The van der Waals surface area contributed by atoms with Crippen LogP contribution in [0.2, 0.25) is 0 Å². The van der Waals surface area contributed by atoms with Crippen molar-refractivity contribution in [1.29, 1.82) is 0 Å². The summed E-state index contributed by atoms with van der Waals surface area (Å²) in [5.41, 5.74) is 0.960. The predicted molar refractivity (Wildman–Crippen MR) is 60.2 cm³/mol. The Bertz CT molecular complexity index is 346. The van der Waals surface area contributed by atoms with E-state index in [1.165, 1.54) is 11.9 Å². The smallest absolute Gasteiger partial charge is 0.239 e. The van der Waals surface area contributed by atoms with Crippen LogP contribution in [0, 0.1) is 0 Å². The molecule has 0 aliphatic heterocycles. The van der Waals surface area contributed by atoms with E-state index in [9.17, 15) is 4.79 Å². The lowest BCUT2D eigenvalue weighted by molar-refractivity contribution is -0.127. The number of rotatable bonds is 2. The van der Waals surface area contributed by atoms with Gasteiger partial charge in [0.15, 0.2) is 0 Å². The van der Waals surface area contributed by atoms with Gasteiger partial charge < -0.3 is 0 Å². The van der Waals surface area contributed by atoms with Gasteiger partial charge in [-0.3, -0.25) is 4.79 Å². The standard InChI is InChI=1S/C10H11BrN2O/c1-8(14)13(2)12-7-9-3-5-10(11)6-4-9/h3-7H,1-2H3/b12-7+. The first-order valence-corrected chi connectivity index (χ1v) is 4.93. The Morgan fingerprint density at radius 1 is 1.43 bits per heavy atom. The monoisotopic (exact) mass is 254 g/mol. The molecule has 1 amide bonds. The van der Waals surface area contributed by atoms with Crippen LogP contribution in [-0.2, 0) is 4.79 Å². The summed E-state index contributed by atoms with van der Waals surface area (Å²) in [5.74, 6) is -0.0849. The van der Waals surface area contributed by atoms with Crippen LogP contribution in [0.3, 0.4) is 0 Å². The van der Waals surface area contributed by atoms with E-state index in [1.54, 1.807) is 13.3 Å². The molecule has 1 aromatic rings. The molecule has 0 atom stereocenters. The van der Waals surface area contributed by atoms with Crippen molar-refractivity contribution in [2.24, 2.45) is 5.10 Å². The third kappa shape index (κ3) is 3.30. The lowest BCUT2D eigenvalue weighted by Crippen LogP contribution is -2.17.